The molecule has 114 valence electrons. The number of aliphatic carboxylic acids is 1. The van der Waals surface area contributed by atoms with Crippen LogP contribution in [0.4, 0.5) is 8.78 Å². The molecule has 7 heteroatoms. The highest BCUT2D eigenvalue weighted by molar-refractivity contribution is 7.93. The zero-order valence-electron chi connectivity index (χ0n) is 11.1. The monoisotopic (exact) mass is 316 g/mol. The molecule has 0 amide bonds. The smallest absolute Gasteiger partial charge is 0.325 e. The second kappa shape index (κ2) is 4.25. The normalized spacial score (nSPS) is 22.4. The first kappa shape index (κ1) is 14.4. The summed E-state index contributed by atoms with van der Waals surface area (Å²) in [6.07, 6.45) is 2.74. The maximum absolute atomic E-state index is 13.3. The number of benzene rings is 1. The summed E-state index contributed by atoms with van der Waals surface area (Å²) in [4.78, 5) is 11.1. The Morgan fingerprint density at radius 3 is 2.19 bits per heavy atom. The SMILES string of the molecule is O=C(O)C1(S(=O)(=O)c2ccc(F)c(F)c2)CC2(CCC2)C1. The maximum Gasteiger partial charge on any atom is 0.325 e. The lowest BCUT2D eigenvalue weighted by Gasteiger charge is -2.58. The Morgan fingerprint density at radius 1 is 1.14 bits per heavy atom. The van der Waals surface area contributed by atoms with Gasteiger partial charge in [0, 0.05) is 0 Å². The summed E-state index contributed by atoms with van der Waals surface area (Å²) < 4.78 is 49.5. The Hall–Kier alpha value is -1.50. The van der Waals surface area contributed by atoms with Gasteiger partial charge in [-0.25, -0.2) is 17.2 Å². The van der Waals surface area contributed by atoms with E-state index < -0.39 is 37.1 Å². The van der Waals surface area contributed by atoms with Gasteiger partial charge >= 0.3 is 5.97 Å². The summed E-state index contributed by atoms with van der Waals surface area (Å²) in [6, 6.07) is 2.18. The largest absolute Gasteiger partial charge is 0.480 e. The molecule has 0 unspecified atom stereocenters. The molecule has 2 aliphatic rings. The number of hydrogen-bond acceptors (Lipinski definition) is 3. The van der Waals surface area contributed by atoms with Crippen LogP contribution in [-0.4, -0.2) is 24.2 Å². The molecular formula is C14H14F2O4S. The van der Waals surface area contributed by atoms with Crippen LogP contribution in [0.3, 0.4) is 0 Å². The maximum atomic E-state index is 13.3. The average molecular weight is 316 g/mol. The molecule has 0 saturated heterocycles. The van der Waals surface area contributed by atoms with Crippen molar-refractivity contribution < 1.29 is 27.1 Å². The van der Waals surface area contributed by atoms with E-state index in [1.165, 1.54) is 0 Å². The van der Waals surface area contributed by atoms with Crippen molar-refractivity contribution in [3.63, 3.8) is 0 Å². The van der Waals surface area contributed by atoms with Gasteiger partial charge in [0.05, 0.1) is 4.90 Å². The fourth-order valence-electron chi connectivity index (χ4n) is 3.52. The van der Waals surface area contributed by atoms with Gasteiger partial charge in [-0.2, -0.15) is 0 Å². The molecule has 1 aromatic rings. The summed E-state index contributed by atoms with van der Waals surface area (Å²) in [5.74, 6) is -3.87. The molecule has 21 heavy (non-hydrogen) atoms. The van der Waals surface area contributed by atoms with E-state index >= 15 is 0 Å². The first-order chi connectivity index (χ1) is 9.72. The molecule has 2 aliphatic carbocycles. The molecule has 0 aromatic heterocycles. The van der Waals surface area contributed by atoms with Gasteiger partial charge in [0.2, 0.25) is 0 Å². The van der Waals surface area contributed by atoms with Crippen molar-refractivity contribution in [1.82, 2.24) is 0 Å². The van der Waals surface area contributed by atoms with Crippen LogP contribution < -0.4 is 0 Å². The molecule has 0 bridgehead atoms. The zero-order chi connectivity index (χ0) is 15.5. The molecule has 2 fully saturated rings. The van der Waals surface area contributed by atoms with Crippen molar-refractivity contribution in [2.45, 2.75) is 41.7 Å². The highest BCUT2D eigenvalue weighted by atomic mass is 32.2. The van der Waals surface area contributed by atoms with Crippen LogP contribution in [0, 0.1) is 17.0 Å². The van der Waals surface area contributed by atoms with Gasteiger partial charge in [0.25, 0.3) is 0 Å². The van der Waals surface area contributed by atoms with Crippen LogP contribution in [0.25, 0.3) is 0 Å². The molecule has 1 N–H and O–H groups in total. The molecule has 0 atom stereocenters. The fourth-order valence-corrected chi connectivity index (χ4v) is 5.70. The highest BCUT2D eigenvalue weighted by Gasteiger charge is 2.67. The van der Waals surface area contributed by atoms with Crippen LogP contribution in [0.1, 0.15) is 32.1 Å². The standard InChI is InChI=1S/C14H14F2O4S/c15-10-3-2-9(6-11(10)16)21(19,20)14(12(17)18)7-13(8-14)4-1-5-13/h2-3,6H,1,4-5,7-8H2,(H,17,18). The van der Waals surface area contributed by atoms with E-state index in [9.17, 15) is 27.1 Å². The first-order valence-electron chi connectivity index (χ1n) is 6.66. The average Bonchev–Trinajstić information content (AvgIpc) is 2.28. The Balaban J connectivity index is 2.03. The minimum atomic E-state index is -4.26. The van der Waals surface area contributed by atoms with E-state index in [-0.39, 0.29) is 18.3 Å². The van der Waals surface area contributed by atoms with E-state index in [1.807, 2.05) is 0 Å². The van der Waals surface area contributed by atoms with Gasteiger partial charge in [0.1, 0.15) is 0 Å². The fraction of sp³-hybridized carbons (Fsp3) is 0.500. The number of carboxylic acids is 1. The van der Waals surface area contributed by atoms with Gasteiger partial charge in [-0.3, -0.25) is 4.79 Å². The topological polar surface area (TPSA) is 71.4 Å². The Bertz CT molecular complexity index is 714. The van der Waals surface area contributed by atoms with Gasteiger partial charge in [-0.15, -0.1) is 0 Å². The lowest BCUT2D eigenvalue weighted by molar-refractivity contribution is -0.150. The lowest BCUT2D eigenvalue weighted by atomic mass is 9.51. The van der Waals surface area contributed by atoms with E-state index in [2.05, 4.69) is 0 Å². The van der Waals surface area contributed by atoms with Crippen molar-refractivity contribution in [1.29, 1.82) is 0 Å². The third-order valence-electron chi connectivity index (χ3n) is 4.84. The van der Waals surface area contributed by atoms with Crippen LogP contribution >= 0.6 is 0 Å². The molecular weight excluding hydrogens is 302 g/mol. The lowest BCUT2D eigenvalue weighted by Crippen LogP contribution is -2.63. The molecule has 0 aliphatic heterocycles. The van der Waals surface area contributed by atoms with Crippen LogP contribution in [0.5, 0.6) is 0 Å². The predicted molar refractivity (Wildman–Crippen MR) is 69.4 cm³/mol. The summed E-state index contributed by atoms with van der Waals surface area (Å²) in [7, 11) is -4.26. The summed E-state index contributed by atoms with van der Waals surface area (Å²) in [5.41, 5.74) is -0.190. The first-order valence-corrected chi connectivity index (χ1v) is 8.14. The Labute approximate surface area is 120 Å². The molecule has 1 spiro atoms. The van der Waals surface area contributed by atoms with Crippen molar-refractivity contribution in [3.05, 3.63) is 29.8 Å². The number of carbonyl (C=O) groups is 1. The molecule has 4 nitrogen and oxygen atoms in total. The number of rotatable bonds is 3. The minimum Gasteiger partial charge on any atom is -0.480 e. The molecule has 3 rings (SSSR count). The van der Waals surface area contributed by atoms with Gasteiger partial charge in [-0.05, 0) is 49.3 Å². The van der Waals surface area contributed by atoms with Gasteiger partial charge in [-0.1, -0.05) is 6.42 Å². The van der Waals surface area contributed by atoms with E-state index in [1.54, 1.807) is 0 Å². The van der Waals surface area contributed by atoms with E-state index in [0.717, 1.165) is 25.3 Å². The van der Waals surface area contributed by atoms with Crippen LogP contribution in [0.15, 0.2) is 23.1 Å². The number of carboxylic acid groups (broad SMARTS) is 1. The van der Waals surface area contributed by atoms with Crippen molar-refractivity contribution >= 4 is 15.8 Å². The molecule has 2 saturated carbocycles. The highest BCUT2D eigenvalue weighted by Crippen LogP contribution is 2.63. The summed E-state index contributed by atoms with van der Waals surface area (Å²) in [5, 5.41) is 9.41. The third kappa shape index (κ3) is 1.83. The van der Waals surface area contributed by atoms with Gasteiger partial charge in [0.15, 0.2) is 26.2 Å². The zero-order valence-corrected chi connectivity index (χ0v) is 11.9. The van der Waals surface area contributed by atoms with E-state index in [0.29, 0.717) is 12.1 Å². The minimum absolute atomic E-state index is 0.0522. The van der Waals surface area contributed by atoms with Crippen LogP contribution in [0.2, 0.25) is 0 Å². The molecule has 1 aromatic carbocycles. The number of halogens is 2. The number of hydrogen-bond donors (Lipinski definition) is 1. The summed E-state index contributed by atoms with van der Waals surface area (Å²) in [6.45, 7) is 0. The van der Waals surface area contributed by atoms with Crippen molar-refractivity contribution in [3.8, 4) is 0 Å². The second-order valence-corrected chi connectivity index (χ2v) is 8.35. The molecule has 0 radical (unpaired) electrons. The van der Waals surface area contributed by atoms with Crippen molar-refractivity contribution in [2.24, 2.45) is 5.41 Å². The summed E-state index contributed by atoms with van der Waals surface area (Å²) >= 11 is 0. The molecule has 0 heterocycles. The van der Waals surface area contributed by atoms with Crippen LogP contribution in [-0.2, 0) is 14.6 Å². The number of sulfone groups is 1. The Morgan fingerprint density at radius 2 is 1.76 bits per heavy atom. The quantitative estimate of drug-likeness (QED) is 0.870. The van der Waals surface area contributed by atoms with Crippen molar-refractivity contribution in [2.75, 3.05) is 0 Å². The Kier molecular flexibility index (Phi) is 2.92. The van der Waals surface area contributed by atoms with Gasteiger partial charge < -0.3 is 5.11 Å². The second-order valence-electron chi connectivity index (χ2n) is 6.09. The van der Waals surface area contributed by atoms with E-state index in [4.69, 9.17) is 0 Å². The predicted octanol–water partition coefficient (Wildman–Crippen LogP) is 2.53. The third-order valence-corrected chi connectivity index (χ3v) is 7.21.